The van der Waals surface area contributed by atoms with E-state index in [1.165, 1.54) is 122 Å². The molecule has 0 radical (unpaired) electrons. The van der Waals surface area contributed by atoms with Gasteiger partial charge in [-0.25, -0.2) is 0 Å². The monoisotopic (exact) mass is 499 g/mol. The highest BCUT2D eigenvalue weighted by Gasteiger charge is 2.36. The van der Waals surface area contributed by atoms with Crippen LogP contribution in [0.3, 0.4) is 0 Å². The molecule has 206 valence electrons. The quantitative estimate of drug-likeness (QED) is 0.129. The molecule has 0 aromatic heterocycles. The minimum atomic E-state index is -1.58. The van der Waals surface area contributed by atoms with Gasteiger partial charge in [-0.2, -0.15) is 0 Å². The normalized spacial score (nSPS) is 13.1. The first-order chi connectivity index (χ1) is 16.4. The van der Waals surface area contributed by atoms with E-state index >= 15 is 0 Å². The average Bonchev–Trinajstić information content (AvgIpc) is 2.88. The lowest BCUT2D eigenvalue weighted by Gasteiger charge is -2.39. The molecule has 34 heavy (non-hydrogen) atoms. The second kappa shape index (κ2) is 20.2. The predicted octanol–water partition coefficient (Wildman–Crippen LogP) is 7.36. The van der Waals surface area contributed by atoms with Crippen LogP contribution >= 0.6 is 0 Å². The third-order valence-corrected chi connectivity index (χ3v) is 13.7. The van der Waals surface area contributed by atoms with E-state index < -0.39 is 8.32 Å². The Labute approximate surface area is 217 Å². The Morgan fingerprint density at radius 3 is 1.09 bits per heavy atom. The largest absolute Gasteiger partial charge is 0.420 e. The molecule has 0 rings (SSSR count). The van der Waals surface area contributed by atoms with Crippen molar-refractivity contribution in [2.24, 2.45) is 5.41 Å². The minimum absolute atomic E-state index is 0.481. The van der Waals surface area contributed by atoms with Crippen LogP contribution in [-0.2, 0) is 4.43 Å². The van der Waals surface area contributed by atoms with Gasteiger partial charge in [0.1, 0.15) is 0 Å². The summed E-state index contributed by atoms with van der Waals surface area (Å²) in [5.41, 5.74) is 0.481. The first kappa shape index (κ1) is 34.1. The van der Waals surface area contributed by atoms with E-state index in [2.05, 4.69) is 70.1 Å². The molecule has 0 saturated heterocycles. The summed E-state index contributed by atoms with van der Waals surface area (Å²) in [6, 6.07) is 3.86. The molecular weight excluding hydrogens is 434 g/mol. The maximum absolute atomic E-state index is 6.28. The van der Waals surface area contributed by atoms with Gasteiger partial charge < -0.3 is 19.1 Å². The summed E-state index contributed by atoms with van der Waals surface area (Å²) in [6.45, 7) is 29.5. The molecule has 0 fully saturated rings. The van der Waals surface area contributed by atoms with Crippen LogP contribution in [0.1, 0.15) is 100 Å². The molecule has 0 aliphatic carbocycles. The Bertz CT molecular complexity index is 393. The van der Waals surface area contributed by atoms with Gasteiger partial charge in [0.2, 0.25) is 0 Å². The Hall–Kier alpha value is 0.0569. The average molecular weight is 500 g/mol. The lowest BCUT2D eigenvalue weighted by molar-refractivity contribution is 0.155. The number of hydrogen-bond donors (Lipinski definition) is 0. The van der Waals surface area contributed by atoms with Crippen molar-refractivity contribution in [1.82, 2.24) is 14.7 Å². The molecule has 0 aliphatic rings. The summed E-state index contributed by atoms with van der Waals surface area (Å²) in [5, 5.41) is 0. The van der Waals surface area contributed by atoms with Gasteiger partial charge in [0.25, 0.3) is 0 Å². The van der Waals surface area contributed by atoms with Gasteiger partial charge in [-0.1, -0.05) is 55.4 Å². The van der Waals surface area contributed by atoms with Crippen LogP contribution in [0.25, 0.3) is 0 Å². The molecule has 0 N–H and O–H groups in total. The third-order valence-electron chi connectivity index (χ3n) is 9.06. The molecular formula is C29H65N3OSi. The number of rotatable bonds is 24. The second-order valence-corrected chi connectivity index (χ2v) is 15.2. The zero-order valence-electron chi connectivity index (χ0n) is 25.2. The van der Waals surface area contributed by atoms with Gasteiger partial charge >= 0.3 is 0 Å². The molecule has 0 heterocycles. The van der Waals surface area contributed by atoms with E-state index in [-0.39, 0.29) is 0 Å². The highest BCUT2D eigenvalue weighted by molar-refractivity contribution is 6.73. The van der Waals surface area contributed by atoms with Crippen LogP contribution in [0.15, 0.2) is 0 Å². The topological polar surface area (TPSA) is 19.0 Å². The number of hydrogen-bond acceptors (Lipinski definition) is 4. The molecule has 5 heteroatoms. The number of nitrogens with zero attached hydrogens (tertiary/aromatic N) is 3. The SMILES string of the molecule is CCN(CC)CCCC(CCCN(CC)CC)(CCCN(CC)CC)CC[Si](CC)(CC)OC. The molecule has 0 aliphatic heterocycles. The highest BCUT2D eigenvalue weighted by Crippen LogP contribution is 2.42. The zero-order valence-corrected chi connectivity index (χ0v) is 26.2. The highest BCUT2D eigenvalue weighted by atomic mass is 28.4. The molecule has 0 unspecified atom stereocenters. The van der Waals surface area contributed by atoms with Crippen LogP contribution in [0.2, 0.25) is 18.1 Å². The van der Waals surface area contributed by atoms with E-state index in [4.69, 9.17) is 4.43 Å². The van der Waals surface area contributed by atoms with Crippen LogP contribution in [0, 0.1) is 5.41 Å². The lowest BCUT2D eigenvalue weighted by Crippen LogP contribution is -2.38. The fourth-order valence-electron chi connectivity index (χ4n) is 5.89. The van der Waals surface area contributed by atoms with Crippen molar-refractivity contribution in [3.63, 3.8) is 0 Å². The molecule has 0 spiro atoms. The van der Waals surface area contributed by atoms with Crippen LogP contribution in [0.5, 0.6) is 0 Å². The second-order valence-electron chi connectivity index (χ2n) is 10.5. The maximum atomic E-state index is 6.28. The van der Waals surface area contributed by atoms with Gasteiger partial charge in [-0.05, 0) is 127 Å². The van der Waals surface area contributed by atoms with Crippen molar-refractivity contribution in [2.75, 3.05) is 66.0 Å². The van der Waals surface area contributed by atoms with Gasteiger partial charge in [0.05, 0.1) is 0 Å². The zero-order chi connectivity index (χ0) is 25.9. The Morgan fingerprint density at radius 1 is 0.529 bits per heavy atom. The van der Waals surface area contributed by atoms with Crippen LogP contribution < -0.4 is 0 Å². The van der Waals surface area contributed by atoms with Crippen molar-refractivity contribution < 1.29 is 4.43 Å². The van der Waals surface area contributed by atoms with Crippen molar-refractivity contribution in [3.05, 3.63) is 0 Å². The van der Waals surface area contributed by atoms with Crippen molar-refractivity contribution in [3.8, 4) is 0 Å². The summed E-state index contributed by atoms with van der Waals surface area (Å²) in [5.74, 6) is 0. The molecule has 0 aromatic carbocycles. The van der Waals surface area contributed by atoms with Gasteiger partial charge in [-0.3, -0.25) is 0 Å². The maximum Gasteiger partial charge on any atom is 0.191 e. The minimum Gasteiger partial charge on any atom is -0.420 e. The smallest absolute Gasteiger partial charge is 0.191 e. The molecule has 0 saturated carbocycles. The molecule has 0 bridgehead atoms. The first-order valence-electron chi connectivity index (χ1n) is 15.1. The van der Waals surface area contributed by atoms with Gasteiger partial charge in [-0.15, -0.1) is 0 Å². The van der Waals surface area contributed by atoms with Crippen LogP contribution in [-0.4, -0.2) is 89.0 Å². The van der Waals surface area contributed by atoms with Crippen molar-refractivity contribution in [1.29, 1.82) is 0 Å². The lowest BCUT2D eigenvalue weighted by atomic mass is 9.73. The first-order valence-corrected chi connectivity index (χ1v) is 17.6. The summed E-state index contributed by atoms with van der Waals surface area (Å²) in [7, 11) is 0.419. The van der Waals surface area contributed by atoms with Crippen molar-refractivity contribution >= 4 is 8.32 Å². The predicted molar refractivity (Wildman–Crippen MR) is 157 cm³/mol. The molecule has 4 nitrogen and oxygen atoms in total. The fraction of sp³-hybridized carbons (Fsp3) is 1.00. The molecule has 0 atom stereocenters. The van der Waals surface area contributed by atoms with E-state index in [1.807, 2.05) is 7.11 Å². The summed E-state index contributed by atoms with van der Waals surface area (Å²) < 4.78 is 6.28. The summed E-state index contributed by atoms with van der Waals surface area (Å²) in [4.78, 5) is 7.84. The third kappa shape index (κ3) is 12.8. The fourth-order valence-corrected chi connectivity index (χ4v) is 8.86. The Balaban J connectivity index is 5.62. The summed E-state index contributed by atoms with van der Waals surface area (Å²) in [6.07, 6.45) is 9.59. The van der Waals surface area contributed by atoms with Gasteiger partial charge in [0, 0.05) is 7.11 Å². The van der Waals surface area contributed by atoms with E-state index in [9.17, 15) is 0 Å². The van der Waals surface area contributed by atoms with E-state index in [0.29, 0.717) is 5.41 Å². The molecule has 0 amide bonds. The van der Waals surface area contributed by atoms with Gasteiger partial charge in [0.15, 0.2) is 8.32 Å². The van der Waals surface area contributed by atoms with E-state index in [0.717, 1.165) is 0 Å². The van der Waals surface area contributed by atoms with Crippen LogP contribution in [0.4, 0.5) is 0 Å². The van der Waals surface area contributed by atoms with E-state index in [1.54, 1.807) is 0 Å². The molecule has 0 aromatic rings. The van der Waals surface area contributed by atoms with Crippen molar-refractivity contribution in [2.45, 2.75) is 118 Å². The Kier molecular flexibility index (Phi) is 20.2. The standard InChI is InChI=1S/C29H65N3OSi/c1-10-30(11-2)25-18-21-29(22-19-26-31(12-3)13-4,23-20-27-32(14-5)15-6)24-28-34(16-7,17-8)33-9/h10-28H2,1-9H3. The Morgan fingerprint density at radius 2 is 0.853 bits per heavy atom. The summed E-state index contributed by atoms with van der Waals surface area (Å²) >= 11 is 0.